The monoisotopic (exact) mass is 261 g/mol. The van der Waals surface area contributed by atoms with Crippen molar-refractivity contribution in [2.24, 2.45) is 0 Å². The van der Waals surface area contributed by atoms with Crippen molar-refractivity contribution in [1.82, 2.24) is 5.32 Å². The van der Waals surface area contributed by atoms with Crippen LogP contribution in [0.1, 0.15) is 43.7 Å². The normalized spacial score (nSPS) is 13.7. The summed E-state index contributed by atoms with van der Waals surface area (Å²) in [6.45, 7) is 3.12. The summed E-state index contributed by atoms with van der Waals surface area (Å²) in [6.07, 6.45) is 6.43. The van der Waals surface area contributed by atoms with Crippen LogP contribution in [-0.2, 0) is 17.6 Å². The fourth-order valence-electron chi connectivity index (χ4n) is 2.47. The van der Waals surface area contributed by atoms with Gasteiger partial charge in [-0.1, -0.05) is 13.0 Å². The van der Waals surface area contributed by atoms with Gasteiger partial charge in [0.2, 0.25) is 5.91 Å². The fourth-order valence-corrected chi connectivity index (χ4v) is 2.47. The molecule has 19 heavy (non-hydrogen) atoms. The molecule has 1 amide bonds. The Labute approximate surface area is 115 Å². The van der Waals surface area contributed by atoms with Crippen molar-refractivity contribution in [3.8, 4) is 5.75 Å². The van der Waals surface area contributed by atoms with Crippen molar-refractivity contribution in [1.29, 1.82) is 0 Å². The summed E-state index contributed by atoms with van der Waals surface area (Å²) in [5.41, 5.74) is 2.90. The quantitative estimate of drug-likeness (QED) is 0.800. The van der Waals surface area contributed by atoms with Gasteiger partial charge < -0.3 is 10.1 Å². The molecule has 2 rings (SSSR count). The third-order valence-electron chi connectivity index (χ3n) is 3.49. The lowest BCUT2D eigenvalue weighted by molar-refractivity contribution is -0.121. The van der Waals surface area contributed by atoms with Crippen LogP contribution in [-0.4, -0.2) is 19.1 Å². The maximum Gasteiger partial charge on any atom is 0.220 e. The molecule has 0 saturated carbocycles. The van der Waals surface area contributed by atoms with Gasteiger partial charge in [-0.3, -0.25) is 4.79 Å². The van der Waals surface area contributed by atoms with Crippen molar-refractivity contribution >= 4 is 5.91 Å². The molecule has 3 nitrogen and oxygen atoms in total. The van der Waals surface area contributed by atoms with E-state index in [4.69, 9.17) is 4.74 Å². The highest BCUT2D eigenvalue weighted by atomic mass is 16.5. The standard InChI is InChI=1S/C16H23NO2/c1-2-5-16(18)17-10-11-19-15-9-8-13-6-3-4-7-14(13)12-15/h8-9,12H,2-7,10-11H2,1H3,(H,17,18). The number of fused-ring (bicyclic) bond motifs is 1. The first-order valence-corrected chi connectivity index (χ1v) is 7.31. The molecule has 104 valence electrons. The van der Waals surface area contributed by atoms with E-state index in [0.717, 1.165) is 12.2 Å². The van der Waals surface area contributed by atoms with Crippen LogP contribution in [0.4, 0.5) is 0 Å². The number of carbonyl (C=O) groups excluding carboxylic acids is 1. The van der Waals surface area contributed by atoms with E-state index in [1.807, 2.05) is 13.0 Å². The summed E-state index contributed by atoms with van der Waals surface area (Å²) in [5, 5.41) is 2.85. The van der Waals surface area contributed by atoms with E-state index in [1.165, 1.54) is 36.8 Å². The zero-order valence-electron chi connectivity index (χ0n) is 11.7. The minimum atomic E-state index is 0.108. The third-order valence-corrected chi connectivity index (χ3v) is 3.49. The van der Waals surface area contributed by atoms with Gasteiger partial charge in [-0.15, -0.1) is 0 Å². The number of nitrogens with one attached hydrogen (secondary N) is 1. The molecule has 1 aliphatic rings. The van der Waals surface area contributed by atoms with Crippen molar-refractivity contribution in [3.63, 3.8) is 0 Å². The van der Waals surface area contributed by atoms with Crippen LogP contribution in [0.3, 0.4) is 0 Å². The molecule has 0 atom stereocenters. The molecule has 0 unspecified atom stereocenters. The number of ether oxygens (including phenoxy) is 1. The number of hydrogen-bond donors (Lipinski definition) is 1. The maximum atomic E-state index is 11.3. The summed E-state index contributed by atoms with van der Waals surface area (Å²) in [5.74, 6) is 1.03. The number of aryl methyl sites for hydroxylation is 2. The number of benzene rings is 1. The largest absolute Gasteiger partial charge is 0.492 e. The molecule has 0 heterocycles. The number of rotatable bonds is 6. The second-order valence-corrected chi connectivity index (χ2v) is 5.09. The average Bonchev–Trinajstić information content (AvgIpc) is 2.44. The molecule has 1 aliphatic carbocycles. The van der Waals surface area contributed by atoms with Crippen molar-refractivity contribution in [2.75, 3.05) is 13.2 Å². The Morgan fingerprint density at radius 2 is 2.05 bits per heavy atom. The lowest BCUT2D eigenvalue weighted by Crippen LogP contribution is -2.27. The Bertz CT molecular complexity index is 429. The topological polar surface area (TPSA) is 38.3 Å². The molecule has 0 spiro atoms. The first-order chi connectivity index (χ1) is 9.29. The molecular formula is C16H23NO2. The van der Waals surface area contributed by atoms with Crippen LogP contribution in [0.25, 0.3) is 0 Å². The minimum Gasteiger partial charge on any atom is -0.492 e. The van der Waals surface area contributed by atoms with E-state index in [-0.39, 0.29) is 5.91 Å². The Morgan fingerprint density at radius 1 is 1.26 bits per heavy atom. The Kier molecular flexibility index (Phi) is 5.25. The van der Waals surface area contributed by atoms with Crippen LogP contribution in [0.2, 0.25) is 0 Å². The van der Waals surface area contributed by atoms with E-state index >= 15 is 0 Å². The van der Waals surface area contributed by atoms with Crippen LogP contribution >= 0.6 is 0 Å². The second-order valence-electron chi connectivity index (χ2n) is 5.09. The molecule has 1 aromatic carbocycles. The van der Waals surface area contributed by atoms with E-state index < -0.39 is 0 Å². The van der Waals surface area contributed by atoms with Gasteiger partial charge in [0.1, 0.15) is 12.4 Å². The Hall–Kier alpha value is -1.51. The van der Waals surface area contributed by atoms with Crippen LogP contribution in [0.5, 0.6) is 5.75 Å². The summed E-state index contributed by atoms with van der Waals surface area (Å²) >= 11 is 0. The predicted molar refractivity (Wildman–Crippen MR) is 76.5 cm³/mol. The number of carbonyl (C=O) groups is 1. The number of amides is 1. The van der Waals surface area contributed by atoms with Crippen molar-refractivity contribution in [2.45, 2.75) is 45.4 Å². The first kappa shape index (κ1) is 13.9. The molecule has 0 saturated heterocycles. The van der Waals surface area contributed by atoms with E-state index in [1.54, 1.807) is 0 Å². The maximum absolute atomic E-state index is 11.3. The van der Waals surface area contributed by atoms with Gasteiger partial charge >= 0.3 is 0 Å². The van der Waals surface area contributed by atoms with Crippen LogP contribution in [0, 0.1) is 0 Å². The first-order valence-electron chi connectivity index (χ1n) is 7.31. The van der Waals surface area contributed by atoms with E-state index in [0.29, 0.717) is 19.6 Å². The highest BCUT2D eigenvalue weighted by Crippen LogP contribution is 2.25. The smallest absolute Gasteiger partial charge is 0.220 e. The third kappa shape index (κ3) is 4.27. The van der Waals surface area contributed by atoms with E-state index in [9.17, 15) is 4.79 Å². The molecule has 0 fully saturated rings. The molecule has 1 aromatic rings. The fraction of sp³-hybridized carbons (Fsp3) is 0.562. The van der Waals surface area contributed by atoms with E-state index in [2.05, 4.69) is 17.4 Å². The zero-order valence-corrected chi connectivity index (χ0v) is 11.7. The molecule has 0 bridgehead atoms. The lowest BCUT2D eigenvalue weighted by atomic mass is 9.92. The summed E-state index contributed by atoms with van der Waals surface area (Å²) in [4.78, 5) is 11.3. The summed E-state index contributed by atoms with van der Waals surface area (Å²) < 4.78 is 5.69. The number of hydrogen-bond acceptors (Lipinski definition) is 2. The SMILES string of the molecule is CCCC(=O)NCCOc1ccc2c(c1)CCCC2. The summed E-state index contributed by atoms with van der Waals surface area (Å²) in [7, 11) is 0. The van der Waals surface area contributed by atoms with Crippen molar-refractivity contribution in [3.05, 3.63) is 29.3 Å². The molecule has 1 N–H and O–H groups in total. The van der Waals surface area contributed by atoms with Crippen LogP contribution < -0.4 is 10.1 Å². The lowest BCUT2D eigenvalue weighted by Gasteiger charge is -2.16. The Balaban J connectivity index is 1.75. The highest BCUT2D eigenvalue weighted by molar-refractivity contribution is 5.75. The van der Waals surface area contributed by atoms with Gasteiger partial charge in [0.15, 0.2) is 0 Å². The van der Waals surface area contributed by atoms with Gasteiger partial charge in [0.25, 0.3) is 0 Å². The summed E-state index contributed by atoms with van der Waals surface area (Å²) in [6, 6.07) is 6.37. The molecule has 0 aliphatic heterocycles. The molecule has 0 aromatic heterocycles. The molecule has 0 radical (unpaired) electrons. The van der Waals surface area contributed by atoms with Gasteiger partial charge in [-0.2, -0.15) is 0 Å². The highest BCUT2D eigenvalue weighted by Gasteiger charge is 2.09. The van der Waals surface area contributed by atoms with Gasteiger partial charge in [0, 0.05) is 6.42 Å². The second kappa shape index (κ2) is 7.17. The van der Waals surface area contributed by atoms with Crippen LogP contribution in [0.15, 0.2) is 18.2 Å². The van der Waals surface area contributed by atoms with Gasteiger partial charge in [0.05, 0.1) is 6.54 Å². The zero-order chi connectivity index (χ0) is 13.5. The average molecular weight is 261 g/mol. The Morgan fingerprint density at radius 3 is 2.84 bits per heavy atom. The molecular weight excluding hydrogens is 238 g/mol. The molecule has 3 heteroatoms. The van der Waals surface area contributed by atoms with Crippen molar-refractivity contribution < 1.29 is 9.53 Å². The van der Waals surface area contributed by atoms with Gasteiger partial charge in [-0.25, -0.2) is 0 Å². The van der Waals surface area contributed by atoms with Gasteiger partial charge in [-0.05, 0) is 55.4 Å². The minimum absolute atomic E-state index is 0.108. The predicted octanol–water partition coefficient (Wildman–Crippen LogP) is 2.86.